The van der Waals surface area contributed by atoms with Crippen molar-refractivity contribution in [1.29, 1.82) is 0 Å². The van der Waals surface area contributed by atoms with E-state index in [4.69, 9.17) is 9.47 Å². The maximum Gasteiger partial charge on any atom is 0.337 e. The largest absolute Gasteiger partial charge is 0.463 e. The summed E-state index contributed by atoms with van der Waals surface area (Å²) in [6.45, 7) is 3.00. The highest BCUT2D eigenvalue weighted by atomic mass is 16.6. The molecule has 1 unspecified atom stereocenters. The third-order valence-electron chi connectivity index (χ3n) is 2.35. The van der Waals surface area contributed by atoms with Gasteiger partial charge in [-0.05, 0) is 12.5 Å². The first-order chi connectivity index (χ1) is 7.25. The van der Waals surface area contributed by atoms with Crippen LogP contribution in [-0.2, 0) is 20.7 Å². The van der Waals surface area contributed by atoms with Crippen molar-refractivity contribution in [3.63, 3.8) is 0 Å². The lowest BCUT2D eigenvalue weighted by atomic mass is 10.1. The van der Waals surface area contributed by atoms with Gasteiger partial charge in [0.05, 0.1) is 13.2 Å². The van der Waals surface area contributed by atoms with Crippen LogP contribution in [0.4, 0.5) is 0 Å². The maximum atomic E-state index is 11.1. The van der Waals surface area contributed by atoms with E-state index in [1.807, 2.05) is 6.92 Å². The van der Waals surface area contributed by atoms with Crippen LogP contribution in [0.15, 0.2) is 24.3 Å². The first-order valence-corrected chi connectivity index (χ1v) is 5.09. The molecular formula is C12H14O3. The van der Waals surface area contributed by atoms with Crippen molar-refractivity contribution < 1.29 is 14.3 Å². The highest BCUT2D eigenvalue weighted by Crippen LogP contribution is 2.11. The Balaban J connectivity index is 1.73. The quantitative estimate of drug-likeness (QED) is 0.553. The average Bonchev–Trinajstić information content (AvgIpc) is 3.04. The molecule has 15 heavy (non-hydrogen) atoms. The monoisotopic (exact) mass is 206 g/mol. The number of hydrogen-bond acceptors (Lipinski definition) is 3. The van der Waals surface area contributed by atoms with Gasteiger partial charge < -0.3 is 9.47 Å². The van der Waals surface area contributed by atoms with E-state index in [0.717, 1.165) is 6.42 Å². The summed E-state index contributed by atoms with van der Waals surface area (Å²) >= 11 is 0. The van der Waals surface area contributed by atoms with Gasteiger partial charge in [-0.2, -0.15) is 0 Å². The van der Waals surface area contributed by atoms with E-state index in [-0.39, 0.29) is 12.1 Å². The summed E-state index contributed by atoms with van der Waals surface area (Å²) in [4.78, 5) is 11.1. The molecule has 1 aliphatic rings. The smallest absolute Gasteiger partial charge is 0.337 e. The Kier molecular flexibility index (Phi) is 3.02. The Morgan fingerprint density at radius 2 is 2.13 bits per heavy atom. The molecule has 0 radical (unpaired) electrons. The first kappa shape index (κ1) is 10.2. The summed E-state index contributed by atoms with van der Waals surface area (Å²) in [6, 6.07) is 8.22. The molecule has 0 aromatic heterocycles. The predicted octanol–water partition coefficient (Wildman–Crippen LogP) is 1.48. The number of esters is 1. The van der Waals surface area contributed by atoms with Crippen LogP contribution < -0.4 is 0 Å². The van der Waals surface area contributed by atoms with Gasteiger partial charge in [-0.15, -0.1) is 0 Å². The molecule has 1 atom stereocenters. The maximum absolute atomic E-state index is 11.1. The number of rotatable bonds is 4. The van der Waals surface area contributed by atoms with Gasteiger partial charge in [0.15, 0.2) is 6.10 Å². The molecule has 1 aromatic rings. The number of benzene rings is 1. The topological polar surface area (TPSA) is 38.8 Å². The number of ether oxygens (including phenoxy) is 2. The molecule has 1 aliphatic heterocycles. The van der Waals surface area contributed by atoms with Gasteiger partial charge in [0.25, 0.3) is 0 Å². The summed E-state index contributed by atoms with van der Waals surface area (Å²) in [6.07, 6.45) is 0.474. The summed E-state index contributed by atoms with van der Waals surface area (Å²) in [5, 5.41) is 0. The van der Waals surface area contributed by atoms with Gasteiger partial charge in [0.1, 0.15) is 0 Å². The highest BCUT2D eigenvalue weighted by Gasteiger charge is 2.32. The van der Waals surface area contributed by atoms with Crippen LogP contribution in [0.1, 0.15) is 11.1 Å². The second-order valence-electron chi connectivity index (χ2n) is 3.73. The number of carbonyl (C=O) groups excluding carboxylic acids is 1. The van der Waals surface area contributed by atoms with E-state index in [0.29, 0.717) is 13.2 Å². The molecule has 0 amide bonds. The van der Waals surface area contributed by atoms with Crippen molar-refractivity contribution in [3.05, 3.63) is 35.4 Å². The van der Waals surface area contributed by atoms with Crippen molar-refractivity contribution in [2.24, 2.45) is 0 Å². The normalized spacial score (nSPS) is 18.6. The van der Waals surface area contributed by atoms with Gasteiger partial charge in [-0.1, -0.05) is 29.8 Å². The van der Waals surface area contributed by atoms with E-state index in [2.05, 4.69) is 24.3 Å². The fourth-order valence-corrected chi connectivity index (χ4v) is 1.30. The van der Waals surface area contributed by atoms with Gasteiger partial charge >= 0.3 is 5.97 Å². The lowest BCUT2D eigenvalue weighted by molar-refractivity contribution is -0.144. The molecular weight excluding hydrogens is 192 g/mol. The third-order valence-corrected chi connectivity index (χ3v) is 2.35. The minimum atomic E-state index is -0.289. The van der Waals surface area contributed by atoms with Crippen LogP contribution in [0, 0.1) is 6.92 Å². The van der Waals surface area contributed by atoms with Crippen LogP contribution in [0.25, 0.3) is 0 Å². The van der Waals surface area contributed by atoms with E-state index >= 15 is 0 Å². The van der Waals surface area contributed by atoms with Gasteiger partial charge in [-0.3, -0.25) is 0 Å². The molecule has 3 heteroatoms. The second kappa shape index (κ2) is 4.45. The number of carbonyl (C=O) groups is 1. The molecule has 1 saturated heterocycles. The average molecular weight is 206 g/mol. The number of hydrogen-bond donors (Lipinski definition) is 0. The Morgan fingerprint density at radius 3 is 2.73 bits per heavy atom. The lowest BCUT2D eigenvalue weighted by Crippen LogP contribution is -2.13. The van der Waals surface area contributed by atoms with E-state index in [1.54, 1.807) is 0 Å². The summed E-state index contributed by atoms with van der Waals surface area (Å²) in [5.74, 6) is -0.234. The summed E-state index contributed by atoms with van der Waals surface area (Å²) in [5.41, 5.74) is 2.42. The molecule has 1 heterocycles. The van der Waals surface area contributed by atoms with Crippen molar-refractivity contribution in [2.45, 2.75) is 19.4 Å². The minimum absolute atomic E-state index is 0.234. The minimum Gasteiger partial charge on any atom is -0.463 e. The Labute approximate surface area is 89.0 Å². The standard InChI is InChI=1S/C12H14O3/c1-9-2-4-10(5-3-9)6-7-14-12(13)11-8-15-11/h2-5,11H,6-8H2,1H3. The molecule has 3 nitrogen and oxygen atoms in total. The summed E-state index contributed by atoms with van der Waals surface area (Å²) < 4.78 is 9.85. The molecule has 2 rings (SSSR count). The van der Waals surface area contributed by atoms with Crippen molar-refractivity contribution in [3.8, 4) is 0 Å². The van der Waals surface area contributed by atoms with Crippen LogP contribution in [-0.4, -0.2) is 25.3 Å². The van der Waals surface area contributed by atoms with Crippen molar-refractivity contribution >= 4 is 5.97 Å². The SMILES string of the molecule is Cc1ccc(CCOC(=O)C2CO2)cc1. The molecule has 1 fully saturated rings. The zero-order valence-corrected chi connectivity index (χ0v) is 8.73. The summed E-state index contributed by atoms with van der Waals surface area (Å²) in [7, 11) is 0. The zero-order chi connectivity index (χ0) is 10.7. The Bertz CT molecular complexity index is 338. The lowest BCUT2D eigenvalue weighted by Gasteiger charge is -2.03. The molecule has 0 saturated carbocycles. The van der Waals surface area contributed by atoms with Gasteiger partial charge in [0.2, 0.25) is 0 Å². The molecule has 0 aliphatic carbocycles. The first-order valence-electron chi connectivity index (χ1n) is 5.09. The number of aryl methyl sites for hydroxylation is 1. The van der Waals surface area contributed by atoms with E-state index in [9.17, 15) is 4.79 Å². The van der Waals surface area contributed by atoms with Crippen LogP contribution >= 0.6 is 0 Å². The number of epoxide rings is 1. The van der Waals surface area contributed by atoms with Crippen LogP contribution in [0.5, 0.6) is 0 Å². The van der Waals surface area contributed by atoms with E-state index in [1.165, 1.54) is 11.1 Å². The predicted molar refractivity (Wildman–Crippen MR) is 55.6 cm³/mol. The Hall–Kier alpha value is -1.35. The van der Waals surface area contributed by atoms with Crippen LogP contribution in [0.3, 0.4) is 0 Å². The molecule has 80 valence electrons. The van der Waals surface area contributed by atoms with E-state index < -0.39 is 0 Å². The second-order valence-corrected chi connectivity index (χ2v) is 3.73. The molecule has 1 aromatic carbocycles. The fourth-order valence-electron chi connectivity index (χ4n) is 1.30. The fraction of sp³-hybridized carbons (Fsp3) is 0.417. The van der Waals surface area contributed by atoms with Crippen molar-refractivity contribution in [1.82, 2.24) is 0 Å². The Morgan fingerprint density at radius 1 is 1.47 bits per heavy atom. The zero-order valence-electron chi connectivity index (χ0n) is 8.73. The molecule has 0 N–H and O–H groups in total. The molecule has 0 bridgehead atoms. The third kappa shape index (κ3) is 3.06. The molecule has 0 spiro atoms. The van der Waals surface area contributed by atoms with Gasteiger partial charge in [-0.25, -0.2) is 4.79 Å². The van der Waals surface area contributed by atoms with Crippen LogP contribution in [0.2, 0.25) is 0 Å². The van der Waals surface area contributed by atoms with Gasteiger partial charge in [0, 0.05) is 6.42 Å². The van der Waals surface area contributed by atoms with Crippen molar-refractivity contribution in [2.75, 3.05) is 13.2 Å². The highest BCUT2D eigenvalue weighted by molar-refractivity contribution is 5.76.